The minimum Gasteiger partial charge on any atom is -0.357 e. The first-order chi connectivity index (χ1) is 12.1. The van der Waals surface area contributed by atoms with Crippen LogP contribution in [-0.4, -0.2) is 40.9 Å². The molecule has 0 bridgehead atoms. The van der Waals surface area contributed by atoms with Crippen molar-refractivity contribution in [3.05, 3.63) is 42.5 Å². The molecule has 132 valence electrons. The third kappa shape index (κ3) is 6.20. The molecule has 0 aliphatic heterocycles. The monoisotopic (exact) mass is 377 g/mol. The second-order valence-electron chi connectivity index (χ2n) is 4.82. The third-order valence-corrected chi connectivity index (χ3v) is 4.89. The van der Waals surface area contributed by atoms with Crippen molar-refractivity contribution in [1.82, 2.24) is 15.5 Å². The molecule has 0 fully saturated rings. The summed E-state index contributed by atoms with van der Waals surface area (Å²) >= 11 is 2.69. The van der Waals surface area contributed by atoms with E-state index in [-0.39, 0.29) is 17.6 Å². The second-order valence-corrected chi connectivity index (χ2v) is 7.02. The van der Waals surface area contributed by atoms with Gasteiger partial charge in [-0.3, -0.25) is 9.59 Å². The second kappa shape index (κ2) is 9.80. The minimum absolute atomic E-state index is 0.165. The molecule has 0 atom stereocenters. The molecule has 0 radical (unpaired) electrons. The average Bonchev–Trinajstić information content (AvgIpc) is 3.06. The lowest BCUT2D eigenvalue weighted by molar-refractivity contribution is -0.113. The molecular formula is C16H19N5O2S2. The lowest BCUT2D eigenvalue weighted by atomic mass is 10.2. The number of hydrogen-bond donors (Lipinski definition) is 3. The van der Waals surface area contributed by atoms with Crippen LogP contribution in [0.3, 0.4) is 0 Å². The van der Waals surface area contributed by atoms with Gasteiger partial charge in [-0.25, -0.2) is 0 Å². The summed E-state index contributed by atoms with van der Waals surface area (Å²) in [7, 11) is 0. The number of hydrogen-bond acceptors (Lipinski definition) is 7. The summed E-state index contributed by atoms with van der Waals surface area (Å²) in [5, 5.41) is 17.2. The van der Waals surface area contributed by atoms with Crippen LogP contribution in [0.15, 0.2) is 41.3 Å². The fourth-order valence-electron chi connectivity index (χ4n) is 1.82. The van der Waals surface area contributed by atoms with Gasteiger partial charge < -0.3 is 16.0 Å². The summed E-state index contributed by atoms with van der Waals surface area (Å²) in [5.41, 5.74) is 1.09. The van der Waals surface area contributed by atoms with E-state index in [0.29, 0.717) is 33.8 Å². The van der Waals surface area contributed by atoms with E-state index in [4.69, 9.17) is 0 Å². The van der Waals surface area contributed by atoms with E-state index in [2.05, 4.69) is 32.7 Å². The van der Waals surface area contributed by atoms with Crippen LogP contribution in [0.5, 0.6) is 0 Å². The largest absolute Gasteiger partial charge is 0.357 e. The van der Waals surface area contributed by atoms with E-state index in [9.17, 15) is 9.59 Å². The Morgan fingerprint density at radius 1 is 1.36 bits per heavy atom. The molecule has 25 heavy (non-hydrogen) atoms. The molecule has 1 heterocycles. The van der Waals surface area contributed by atoms with Gasteiger partial charge in [0.05, 0.1) is 5.75 Å². The zero-order valence-corrected chi connectivity index (χ0v) is 15.4. The molecule has 0 aliphatic carbocycles. The van der Waals surface area contributed by atoms with Crippen molar-refractivity contribution in [3.8, 4) is 0 Å². The molecule has 0 unspecified atom stereocenters. The highest BCUT2D eigenvalue weighted by atomic mass is 32.2. The Bertz CT molecular complexity index is 748. The van der Waals surface area contributed by atoms with E-state index in [1.807, 2.05) is 6.92 Å². The fraction of sp³-hybridized carbons (Fsp3) is 0.250. The summed E-state index contributed by atoms with van der Waals surface area (Å²) < 4.78 is 0.706. The third-order valence-electron chi connectivity index (χ3n) is 2.88. The number of thioether (sulfide) groups is 1. The van der Waals surface area contributed by atoms with Crippen molar-refractivity contribution < 1.29 is 9.59 Å². The molecule has 9 heteroatoms. The van der Waals surface area contributed by atoms with Crippen molar-refractivity contribution in [3.63, 3.8) is 0 Å². The molecule has 3 N–H and O–H groups in total. The van der Waals surface area contributed by atoms with Gasteiger partial charge in [0, 0.05) is 24.3 Å². The van der Waals surface area contributed by atoms with Crippen molar-refractivity contribution in [2.24, 2.45) is 0 Å². The normalized spacial score (nSPS) is 10.1. The Morgan fingerprint density at radius 3 is 2.96 bits per heavy atom. The van der Waals surface area contributed by atoms with E-state index >= 15 is 0 Å². The Hall–Kier alpha value is -2.39. The van der Waals surface area contributed by atoms with Crippen LogP contribution in [-0.2, 0) is 4.79 Å². The highest BCUT2D eigenvalue weighted by molar-refractivity contribution is 8.01. The van der Waals surface area contributed by atoms with E-state index < -0.39 is 0 Å². The van der Waals surface area contributed by atoms with E-state index in [1.165, 1.54) is 23.1 Å². The summed E-state index contributed by atoms with van der Waals surface area (Å²) in [6.45, 7) is 6.64. The maximum absolute atomic E-state index is 12.1. The number of amides is 2. The highest BCUT2D eigenvalue weighted by Crippen LogP contribution is 2.25. The van der Waals surface area contributed by atoms with Gasteiger partial charge in [-0.15, -0.1) is 16.8 Å². The van der Waals surface area contributed by atoms with Gasteiger partial charge in [-0.1, -0.05) is 35.2 Å². The molecule has 1 aromatic carbocycles. The SMILES string of the molecule is C=CCNc1nnc(SCC(=O)Nc2cccc(C(=O)NCC)c2)s1. The maximum atomic E-state index is 12.1. The fourth-order valence-corrected chi connectivity index (χ4v) is 3.38. The standard InChI is InChI=1S/C16H19N5O2S2/c1-3-8-18-15-20-21-16(25-15)24-10-13(22)19-12-7-5-6-11(9-12)14(23)17-4-2/h3,5-7,9H,1,4,8,10H2,2H3,(H,17,23)(H,18,20)(H,19,22). The van der Waals surface area contributed by atoms with Gasteiger partial charge in [-0.2, -0.15) is 0 Å². The van der Waals surface area contributed by atoms with E-state index in [0.717, 1.165) is 0 Å². The Balaban J connectivity index is 1.85. The number of nitrogens with zero attached hydrogens (tertiary/aromatic N) is 2. The quantitative estimate of drug-likeness (QED) is 0.459. The predicted octanol–water partition coefficient (Wildman–Crippen LogP) is 2.62. The zero-order valence-electron chi connectivity index (χ0n) is 13.7. The number of benzene rings is 1. The first kappa shape index (κ1) is 18.9. The van der Waals surface area contributed by atoms with Gasteiger partial charge >= 0.3 is 0 Å². The summed E-state index contributed by atoms with van der Waals surface area (Å²) in [5.74, 6) is -0.128. The van der Waals surface area contributed by atoms with Gasteiger partial charge in [-0.05, 0) is 25.1 Å². The molecule has 0 aliphatic rings. The molecule has 1 aromatic heterocycles. The maximum Gasteiger partial charge on any atom is 0.251 e. The number of carbonyl (C=O) groups excluding carboxylic acids is 2. The topological polar surface area (TPSA) is 96.0 Å². The number of rotatable bonds is 9. The number of anilines is 2. The molecule has 2 aromatic rings. The Kier molecular flexibility index (Phi) is 7.42. The molecule has 0 saturated heterocycles. The minimum atomic E-state index is -0.172. The van der Waals surface area contributed by atoms with Crippen LogP contribution in [0.2, 0.25) is 0 Å². The number of nitrogens with one attached hydrogen (secondary N) is 3. The van der Waals surface area contributed by atoms with Crippen LogP contribution in [0.4, 0.5) is 10.8 Å². The number of aromatic nitrogens is 2. The van der Waals surface area contributed by atoms with Crippen molar-refractivity contribution in [2.45, 2.75) is 11.3 Å². The smallest absolute Gasteiger partial charge is 0.251 e. The number of carbonyl (C=O) groups is 2. The van der Waals surface area contributed by atoms with Crippen molar-refractivity contribution in [1.29, 1.82) is 0 Å². The molecule has 0 saturated carbocycles. The average molecular weight is 377 g/mol. The summed E-state index contributed by atoms with van der Waals surface area (Å²) in [6, 6.07) is 6.83. The van der Waals surface area contributed by atoms with Crippen LogP contribution >= 0.6 is 23.1 Å². The van der Waals surface area contributed by atoms with Crippen molar-refractivity contribution >= 4 is 45.7 Å². The molecule has 2 rings (SSSR count). The van der Waals surface area contributed by atoms with Gasteiger partial charge in [0.25, 0.3) is 5.91 Å². The molecule has 0 spiro atoms. The Morgan fingerprint density at radius 2 is 2.20 bits per heavy atom. The zero-order chi connectivity index (χ0) is 18.1. The summed E-state index contributed by atoms with van der Waals surface area (Å²) in [4.78, 5) is 23.9. The Labute approximate surface area is 154 Å². The lowest BCUT2D eigenvalue weighted by Crippen LogP contribution is -2.23. The molecule has 7 nitrogen and oxygen atoms in total. The molecular weight excluding hydrogens is 358 g/mol. The van der Waals surface area contributed by atoms with Crippen molar-refractivity contribution in [2.75, 3.05) is 29.5 Å². The first-order valence-electron chi connectivity index (χ1n) is 7.61. The van der Waals surface area contributed by atoms with Crippen LogP contribution in [0.25, 0.3) is 0 Å². The predicted molar refractivity (Wildman–Crippen MR) is 102 cm³/mol. The van der Waals surface area contributed by atoms with E-state index in [1.54, 1.807) is 30.3 Å². The summed E-state index contributed by atoms with van der Waals surface area (Å²) in [6.07, 6.45) is 1.73. The van der Waals surface area contributed by atoms with Gasteiger partial charge in [0.1, 0.15) is 0 Å². The van der Waals surface area contributed by atoms with Crippen LogP contribution in [0, 0.1) is 0 Å². The molecule has 2 amide bonds. The van der Waals surface area contributed by atoms with Gasteiger partial charge in [0.15, 0.2) is 4.34 Å². The van der Waals surface area contributed by atoms with Crippen LogP contribution < -0.4 is 16.0 Å². The van der Waals surface area contributed by atoms with Gasteiger partial charge in [0.2, 0.25) is 11.0 Å². The first-order valence-corrected chi connectivity index (χ1v) is 9.41. The van der Waals surface area contributed by atoms with Crippen LogP contribution in [0.1, 0.15) is 17.3 Å². The lowest BCUT2D eigenvalue weighted by Gasteiger charge is -2.07. The highest BCUT2D eigenvalue weighted by Gasteiger charge is 2.10.